The SMILES string of the molecule is CCCn1c(N)c(N2CCOCC2)c(=O)n(CC(=O)Nc2cc(C)cc(C)c2)c1=O. The molecule has 1 fully saturated rings. The van der Waals surface area contributed by atoms with Crippen LogP contribution in [-0.4, -0.2) is 41.3 Å². The molecule has 1 aliphatic heterocycles. The summed E-state index contributed by atoms with van der Waals surface area (Å²) in [7, 11) is 0. The molecule has 2 heterocycles. The quantitative estimate of drug-likeness (QED) is 0.731. The summed E-state index contributed by atoms with van der Waals surface area (Å²) in [5.74, 6) is -0.306. The molecule has 1 aromatic carbocycles. The highest BCUT2D eigenvalue weighted by Crippen LogP contribution is 2.19. The molecule has 1 aromatic heterocycles. The number of amides is 1. The molecule has 0 unspecified atom stereocenters. The van der Waals surface area contributed by atoms with Crippen molar-refractivity contribution in [1.29, 1.82) is 0 Å². The average Bonchev–Trinajstić information content (AvgIpc) is 2.68. The van der Waals surface area contributed by atoms with Crippen molar-refractivity contribution in [3.05, 3.63) is 50.2 Å². The van der Waals surface area contributed by atoms with Gasteiger partial charge in [0.2, 0.25) is 5.91 Å². The largest absolute Gasteiger partial charge is 0.383 e. The second-order valence-corrected chi connectivity index (χ2v) is 7.58. The lowest BCUT2D eigenvalue weighted by Gasteiger charge is -2.30. The fraction of sp³-hybridized carbons (Fsp3) is 0.476. The summed E-state index contributed by atoms with van der Waals surface area (Å²) in [5, 5.41) is 2.78. The van der Waals surface area contributed by atoms with Gasteiger partial charge in [0.15, 0.2) is 0 Å². The maximum atomic E-state index is 13.2. The molecule has 0 spiro atoms. The number of nitrogens with zero attached hydrogens (tertiary/aromatic N) is 3. The summed E-state index contributed by atoms with van der Waals surface area (Å²) >= 11 is 0. The number of carbonyl (C=O) groups excluding carboxylic acids is 1. The smallest absolute Gasteiger partial charge is 0.333 e. The summed E-state index contributed by atoms with van der Waals surface area (Å²) in [6.07, 6.45) is 0.666. The van der Waals surface area contributed by atoms with E-state index in [0.717, 1.165) is 15.7 Å². The fourth-order valence-corrected chi connectivity index (χ4v) is 3.76. The first-order valence-corrected chi connectivity index (χ1v) is 10.2. The number of ether oxygens (including phenoxy) is 1. The molecule has 1 saturated heterocycles. The minimum Gasteiger partial charge on any atom is -0.383 e. The van der Waals surface area contributed by atoms with Crippen LogP contribution in [0.5, 0.6) is 0 Å². The molecule has 3 N–H and O–H groups in total. The third kappa shape index (κ3) is 4.56. The summed E-state index contributed by atoms with van der Waals surface area (Å²) in [4.78, 5) is 40.6. The Morgan fingerprint density at radius 2 is 1.73 bits per heavy atom. The fourth-order valence-electron chi connectivity index (χ4n) is 3.76. The number of morpholine rings is 1. The molecule has 0 atom stereocenters. The van der Waals surface area contributed by atoms with Crippen LogP contribution in [-0.2, 0) is 22.6 Å². The molecule has 9 nitrogen and oxygen atoms in total. The van der Waals surface area contributed by atoms with Crippen LogP contribution in [0.1, 0.15) is 24.5 Å². The van der Waals surface area contributed by atoms with Crippen molar-refractivity contribution in [3.63, 3.8) is 0 Å². The molecule has 0 saturated carbocycles. The average molecular weight is 415 g/mol. The zero-order valence-electron chi connectivity index (χ0n) is 17.7. The van der Waals surface area contributed by atoms with Gasteiger partial charge in [0.25, 0.3) is 5.56 Å². The standard InChI is InChI=1S/C21H29N5O4/c1-4-5-25-19(22)18(24-6-8-30-9-7-24)20(28)26(21(25)29)13-17(27)23-16-11-14(2)10-15(3)12-16/h10-12H,4-9,13,22H2,1-3H3,(H,23,27). The van der Waals surface area contributed by atoms with E-state index in [9.17, 15) is 14.4 Å². The number of carbonyl (C=O) groups is 1. The van der Waals surface area contributed by atoms with E-state index in [0.29, 0.717) is 45.0 Å². The summed E-state index contributed by atoms with van der Waals surface area (Å²) < 4.78 is 7.70. The van der Waals surface area contributed by atoms with Crippen molar-refractivity contribution in [2.75, 3.05) is 42.3 Å². The van der Waals surface area contributed by atoms with Gasteiger partial charge in [-0.15, -0.1) is 0 Å². The van der Waals surface area contributed by atoms with Crippen LogP contribution in [0.15, 0.2) is 27.8 Å². The van der Waals surface area contributed by atoms with Crippen molar-refractivity contribution in [1.82, 2.24) is 9.13 Å². The van der Waals surface area contributed by atoms with Gasteiger partial charge < -0.3 is 20.7 Å². The summed E-state index contributed by atoms with van der Waals surface area (Å²) in [6, 6.07) is 5.68. The van der Waals surface area contributed by atoms with E-state index in [-0.39, 0.29) is 18.1 Å². The highest BCUT2D eigenvalue weighted by atomic mass is 16.5. The number of anilines is 3. The van der Waals surface area contributed by atoms with Gasteiger partial charge in [-0.3, -0.25) is 14.2 Å². The second-order valence-electron chi connectivity index (χ2n) is 7.58. The predicted octanol–water partition coefficient (Wildman–Crippen LogP) is 1.09. The number of nitrogen functional groups attached to an aromatic ring is 1. The first kappa shape index (κ1) is 21.6. The highest BCUT2D eigenvalue weighted by molar-refractivity contribution is 5.90. The monoisotopic (exact) mass is 415 g/mol. The van der Waals surface area contributed by atoms with Crippen molar-refractivity contribution >= 4 is 23.1 Å². The van der Waals surface area contributed by atoms with Crippen LogP contribution in [0.4, 0.5) is 17.2 Å². The van der Waals surface area contributed by atoms with E-state index in [1.165, 1.54) is 4.57 Å². The molecule has 3 rings (SSSR count). The van der Waals surface area contributed by atoms with Crippen molar-refractivity contribution in [3.8, 4) is 0 Å². The Kier molecular flexibility index (Phi) is 6.61. The zero-order chi connectivity index (χ0) is 21.8. The normalized spacial score (nSPS) is 14.0. The third-order valence-corrected chi connectivity index (χ3v) is 5.02. The number of aromatic nitrogens is 2. The van der Waals surface area contributed by atoms with Crippen LogP contribution in [0.25, 0.3) is 0 Å². The molecule has 0 radical (unpaired) electrons. The van der Waals surface area contributed by atoms with E-state index >= 15 is 0 Å². The van der Waals surface area contributed by atoms with E-state index in [1.54, 1.807) is 0 Å². The molecule has 0 aliphatic carbocycles. The summed E-state index contributed by atoms with van der Waals surface area (Å²) in [6.45, 7) is 7.71. The topological polar surface area (TPSA) is 112 Å². The van der Waals surface area contributed by atoms with Gasteiger partial charge in [-0.05, 0) is 43.5 Å². The van der Waals surface area contributed by atoms with Crippen molar-refractivity contribution < 1.29 is 9.53 Å². The Hall–Kier alpha value is -3.07. The molecule has 0 bridgehead atoms. The van der Waals surface area contributed by atoms with Crippen LogP contribution in [0.2, 0.25) is 0 Å². The molecule has 30 heavy (non-hydrogen) atoms. The molecule has 1 amide bonds. The number of benzene rings is 1. The minimum atomic E-state index is -0.577. The van der Waals surface area contributed by atoms with Gasteiger partial charge in [0.05, 0.1) is 13.2 Å². The Labute approximate surface area is 175 Å². The van der Waals surface area contributed by atoms with Crippen LogP contribution in [0, 0.1) is 13.8 Å². The number of nitrogens with one attached hydrogen (secondary N) is 1. The van der Waals surface area contributed by atoms with Crippen LogP contribution < -0.4 is 27.2 Å². The Bertz CT molecular complexity index is 1030. The van der Waals surface area contributed by atoms with Crippen molar-refractivity contribution in [2.24, 2.45) is 0 Å². The van der Waals surface area contributed by atoms with Gasteiger partial charge in [0.1, 0.15) is 18.1 Å². The summed E-state index contributed by atoms with van der Waals surface area (Å²) in [5.41, 5.74) is 8.00. The molecule has 162 valence electrons. The molecule has 1 aliphatic rings. The first-order valence-electron chi connectivity index (χ1n) is 10.2. The molecular formula is C21H29N5O4. The molecular weight excluding hydrogens is 386 g/mol. The number of rotatable bonds is 6. The van der Waals surface area contributed by atoms with Gasteiger partial charge >= 0.3 is 5.69 Å². The van der Waals surface area contributed by atoms with E-state index < -0.39 is 17.2 Å². The molecule has 2 aromatic rings. The number of hydrogen-bond donors (Lipinski definition) is 2. The van der Waals surface area contributed by atoms with E-state index in [4.69, 9.17) is 10.5 Å². The number of nitrogens with two attached hydrogens (primary N) is 1. The molecule has 9 heteroatoms. The van der Waals surface area contributed by atoms with Crippen molar-refractivity contribution in [2.45, 2.75) is 40.3 Å². The van der Waals surface area contributed by atoms with Crippen LogP contribution in [0.3, 0.4) is 0 Å². The lowest BCUT2D eigenvalue weighted by molar-refractivity contribution is -0.116. The highest BCUT2D eigenvalue weighted by Gasteiger charge is 2.24. The Balaban J connectivity index is 1.98. The van der Waals surface area contributed by atoms with Gasteiger partial charge in [-0.25, -0.2) is 9.36 Å². The maximum Gasteiger partial charge on any atom is 0.333 e. The Morgan fingerprint density at radius 1 is 1.10 bits per heavy atom. The van der Waals surface area contributed by atoms with Crippen LogP contribution >= 0.6 is 0 Å². The number of aryl methyl sites for hydroxylation is 2. The second kappa shape index (κ2) is 9.17. The lowest BCUT2D eigenvalue weighted by atomic mass is 10.1. The van der Waals surface area contributed by atoms with Gasteiger partial charge in [0, 0.05) is 25.3 Å². The predicted molar refractivity (Wildman–Crippen MR) is 117 cm³/mol. The Morgan fingerprint density at radius 3 is 2.33 bits per heavy atom. The van der Waals surface area contributed by atoms with E-state index in [1.807, 2.05) is 43.9 Å². The van der Waals surface area contributed by atoms with Gasteiger partial charge in [-0.1, -0.05) is 13.0 Å². The maximum absolute atomic E-state index is 13.2. The first-order chi connectivity index (χ1) is 14.3. The minimum absolute atomic E-state index is 0.139. The lowest BCUT2D eigenvalue weighted by Crippen LogP contribution is -2.48. The van der Waals surface area contributed by atoms with Gasteiger partial charge in [-0.2, -0.15) is 0 Å². The van der Waals surface area contributed by atoms with E-state index in [2.05, 4.69) is 5.32 Å². The number of hydrogen-bond acceptors (Lipinski definition) is 6. The third-order valence-electron chi connectivity index (χ3n) is 5.02. The zero-order valence-corrected chi connectivity index (χ0v) is 17.7.